The molecule has 1 aromatic carbocycles. The highest BCUT2D eigenvalue weighted by molar-refractivity contribution is 5.45. The minimum atomic E-state index is 0.515. The molecule has 1 aromatic rings. The topological polar surface area (TPSA) is 21.3 Å². The summed E-state index contributed by atoms with van der Waals surface area (Å²) in [6, 6.07) is 4.67. The van der Waals surface area contributed by atoms with Crippen LogP contribution in [0, 0.1) is 12.8 Å². The second-order valence-corrected chi connectivity index (χ2v) is 6.09. The van der Waals surface area contributed by atoms with Crippen molar-refractivity contribution in [1.82, 2.24) is 5.32 Å². The van der Waals surface area contributed by atoms with E-state index in [4.69, 9.17) is 4.74 Å². The van der Waals surface area contributed by atoms with Gasteiger partial charge < -0.3 is 10.1 Å². The molecule has 1 saturated heterocycles. The van der Waals surface area contributed by atoms with Gasteiger partial charge in [0.15, 0.2) is 0 Å². The molecule has 106 valence electrons. The Balaban J connectivity index is 2.21. The van der Waals surface area contributed by atoms with Crippen molar-refractivity contribution in [3.8, 4) is 5.75 Å². The minimum Gasteiger partial charge on any atom is -0.496 e. The summed E-state index contributed by atoms with van der Waals surface area (Å²) >= 11 is 0. The van der Waals surface area contributed by atoms with Crippen molar-refractivity contribution in [3.05, 3.63) is 28.8 Å². The maximum Gasteiger partial charge on any atom is 0.125 e. The summed E-state index contributed by atoms with van der Waals surface area (Å²) < 4.78 is 5.57. The Kier molecular flexibility index (Phi) is 4.87. The van der Waals surface area contributed by atoms with Crippen molar-refractivity contribution in [3.63, 3.8) is 0 Å². The number of methoxy groups -OCH3 is 1. The summed E-state index contributed by atoms with van der Waals surface area (Å²) in [6.07, 6.45) is 3.83. The third-order valence-electron chi connectivity index (χ3n) is 4.17. The van der Waals surface area contributed by atoms with E-state index in [0.717, 1.165) is 11.7 Å². The van der Waals surface area contributed by atoms with Crippen LogP contribution in [0.15, 0.2) is 12.1 Å². The van der Waals surface area contributed by atoms with Crippen LogP contribution < -0.4 is 10.1 Å². The van der Waals surface area contributed by atoms with Crippen molar-refractivity contribution in [2.24, 2.45) is 5.92 Å². The summed E-state index contributed by atoms with van der Waals surface area (Å²) in [5.74, 6) is 2.43. The second-order valence-electron chi connectivity index (χ2n) is 6.09. The lowest BCUT2D eigenvalue weighted by molar-refractivity contribution is 0.371. The van der Waals surface area contributed by atoms with Gasteiger partial charge >= 0.3 is 0 Å². The lowest BCUT2D eigenvalue weighted by atomic mass is 9.88. The predicted molar refractivity (Wildman–Crippen MR) is 81.1 cm³/mol. The van der Waals surface area contributed by atoms with Crippen LogP contribution in [0.4, 0.5) is 0 Å². The van der Waals surface area contributed by atoms with Gasteiger partial charge in [-0.1, -0.05) is 26.0 Å². The van der Waals surface area contributed by atoms with Crippen molar-refractivity contribution < 1.29 is 4.74 Å². The van der Waals surface area contributed by atoms with Crippen LogP contribution in [0.1, 0.15) is 49.3 Å². The molecule has 2 heteroatoms. The van der Waals surface area contributed by atoms with Crippen LogP contribution in [0.5, 0.6) is 5.75 Å². The molecule has 1 aliphatic rings. The number of hydrogen-bond donors (Lipinski definition) is 1. The summed E-state index contributed by atoms with van der Waals surface area (Å²) in [5.41, 5.74) is 4.11. The Bertz CT molecular complexity index is 420. The zero-order chi connectivity index (χ0) is 13.8. The summed E-state index contributed by atoms with van der Waals surface area (Å²) in [5, 5.41) is 3.44. The fourth-order valence-electron chi connectivity index (χ4n) is 3.12. The van der Waals surface area contributed by atoms with Gasteiger partial charge in [-0.2, -0.15) is 0 Å². The number of nitrogens with one attached hydrogen (secondary N) is 1. The quantitative estimate of drug-likeness (QED) is 0.893. The molecule has 1 aliphatic heterocycles. The van der Waals surface area contributed by atoms with E-state index in [1.807, 2.05) is 0 Å². The van der Waals surface area contributed by atoms with Gasteiger partial charge in [-0.15, -0.1) is 0 Å². The third-order valence-corrected chi connectivity index (χ3v) is 4.17. The lowest BCUT2D eigenvalue weighted by Gasteiger charge is -2.24. The normalized spacial score (nSPS) is 16.9. The average Bonchev–Trinajstić information content (AvgIpc) is 2.39. The number of benzene rings is 1. The second kappa shape index (κ2) is 6.42. The predicted octanol–water partition coefficient (Wildman–Crippen LogP) is 3.67. The summed E-state index contributed by atoms with van der Waals surface area (Å²) in [4.78, 5) is 0. The fourth-order valence-corrected chi connectivity index (χ4v) is 3.12. The number of ether oxygens (including phenoxy) is 1. The van der Waals surface area contributed by atoms with Gasteiger partial charge in [0.1, 0.15) is 5.75 Å². The van der Waals surface area contributed by atoms with Crippen LogP contribution >= 0.6 is 0 Å². The third kappa shape index (κ3) is 3.50. The molecular formula is C17H27NO. The number of rotatable bonds is 4. The highest BCUT2D eigenvalue weighted by Crippen LogP contribution is 2.32. The molecule has 0 spiro atoms. The smallest absolute Gasteiger partial charge is 0.125 e. The molecular weight excluding hydrogens is 234 g/mol. The van der Waals surface area contributed by atoms with Gasteiger partial charge in [0.25, 0.3) is 0 Å². The van der Waals surface area contributed by atoms with E-state index in [-0.39, 0.29) is 0 Å². The first-order chi connectivity index (χ1) is 9.11. The zero-order valence-electron chi connectivity index (χ0n) is 12.8. The van der Waals surface area contributed by atoms with Crippen LogP contribution in [-0.4, -0.2) is 20.2 Å². The fraction of sp³-hybridized carbons (Fsp3) is 0.647. The highest BCUT2D eigenvalue weighted by Gasteiger charge is 2.16. The van der Waals surface area contributed by atoms with E-state index in [1.165, 1.54) is 49.0 Å². The first-order valence-electron chi connectivity index (χ1n) is 7.50. The van der Waals surface area contributed by atoms with E-state index < -0.39 is 0 Å². The van der Waals surface area contributed by atoms with Crippen molar-refractivity contribution in [2.45, 2.75) is 46.0 Å². The molecule has 2 rings (SSSR count). The number of piperidine rings is 1. The van der Waals surface area contributed by atoms with Crippen LogP contribution in [0.2, 0.25) is 0 Å². The standard InChI is InChI=1S/C17H27NO/c1-12(2)16-11-15(9-13(3)17(16)19-4)10-14-5-7-18-8-6-14/h9,11-12,14,18H,5-8,10H2,1-4H3. The molecule has 0 amide bonds. The molecule has 19 heavy (non-hydrogen) atoms. The first-order valence-corrected chi connectivity index (χ1v) is 7.50. The Labute approximate surface area is 117 Å². The van der Waals surface area contributed by atoms with E-state index in [0.29, 0.717) is 5.92 Å². The number of hydrogen-bond acceptors (Lipinski definition) is 2. The van der Waals surface area contributed by atoms with Gasteiger partial charge in [-0.25, -0.2) is 0 Å². The molecule has 0 unspecified atom stereocenters. The molecule has 1 N–H and O–H groups in total. The zero-order valence-corrected chi connectivity index (χ0v) is 12.8. The first kappa shape index (κ1) is 14.4. The Hall–Kier alpha value is -1.02. The maximum absolute atomic E-state index is 5.57. The van der Waals surface area contributed by atoms with Crippen LogP contribution in [0.25, 0.3) is 0 Å². The maximum atomic E-state index is 5.57. The SMILES string of the molecule is COc1c(C)cc(CC2CCNCC2)cc1C(C)C. The molecule has 1 fully saturated rings. The van der Waals surface area contributed by atoms with E-state index >= 15 is 0 Å². The highest BCUT2D eigenvalue weighted by atomic mass is 16.5. The van der Waals surface area contributed by atoms with Gasteiger partial charge in [0, 0.05) is 0 Å². The molecule has 0 bridgehead atoms. The van der Waals surface area contributed by atoms with Crippen LogP contribution in [-0.2, 0) is 6.42 Å². The average molecular weight is 261 g/mol. The molecule has 0 atom stereocenters. The van der Waals surface area contributed by atoms with E-state index in [9.17, 15) is 0 Å². The minimum absolute atomic E-state index is 0.515. The summed E-state index contributed by atoms with van der Waals surface area (Å²) in [6.45, 7) is 9.00. The van der Waals surface area contributed by atoms with Crippen molar-refractivity contribution in [2.75, 3.05) is 20.2 Å². The molecule has 1 heterocycles. The number of aryl methyl sites for hydroxylation is 1. The van der Waals surface area contributed by atoms with Gasteiger partial charge in [0.2, 0.25) is 0 Å². The van der Waals surface area contributed by atoms with E-state index in [2.05, 4.69) is 38.2 Å². The van der Waals surface area contributed by atoms with Crippen molar-refractivity contribution in [1.29, 1.82) is 0 Å². The molecule has 0 aromatic heterocycles. The van der Waals surface area contributed by atoms with Crippen LogP contribution in [0.3, 0.4) is 0 Å². The Morgan fingerprint density at radius 3 is 2.53 bits per heavy atom. The van der Waals surface area contributed by atoms with Crippen molar-refractivity contribution >= 4 is 0 Å². The van der Waals surface area contributed by atoms with Gasteiger partial charge in [-0.05, 0) is 67.8 Å². The largest absolute Gasteiger partial charge is 0.496 e. The lowest BCUT2D eigenvalue weighted by Crippen LogP contribution is -2.28. The Morgan fingerprint density at radius 2 is 1.95 bits per heavy atom. The monoisotopic (exact) mass is 261 g/mol. The molecule has 0 saturated carbocycles. The van der Waals surface area contributed by atoms with E-state index in [1.54, 1.807) is 7.11 Å². The van der Waals surface area contributed by atoms with Gasteiger partial charge in [0.05, 0.1) is 7.11 Å². The summed E-state index contributed by atoms with van der Waals surface area (Å²) in [7, 11) is 1.78. The molecule has 0 aliphatic carbocycles. The molecule has 0 radical (unpaired) electrons. The van der Waals surface area contributed by atoms with Gasteiger partial charge in [-0.3, -0.25) is 0 Å². The molecule has 2 nitrogen and oxygen atoms in total. The Morgan fingerprint density at radius 1 is 1.26 bits per heavy atom.